The molecule has 2 nitrogen and oxygen atoms in total. The molecule has 0 saturated heterocycles. The van der Waals surface area contributed by atoms with Gasteiger partial charge in [0.05, 0.1) is 5.56 Å². The number of aryl methyl sites for hydroxylation is 1. The van der Waals surface area contributed by atoms with Gasteiger partial charge in [-0.15, -0.1) is 0 Å². The molecule has 0 aromatic heterocycles. The highest BCUT2D eigenvalue weighted by Gasteiger charge is 2.15. The molecule has 0 amide bonds. The van der Waals surface area contributed by atoms with E-state index in [4.69, 9.17) is 5.11 Å². The Morgan fingerprint density at radius 2 is 1.68 bits per heavy atom. The van der Waals surface area contributed by atoms with Crippen LogP contribution in [0.15, 0.2) is 30.3 Å². The van der Waals surface area contributed by atoms with Gasteiger partial charge in [-0.25, -0.2) is 18.0 Å². The third kappa shape index (κ3) is 2.45. The van der Waals surface area contributed by atoms with E-state index in [1.807, 2.05) is 0 Å². The lowest BCUT2D eigenvalue weighted by Gasteiger charge is -2.07. The number of carbonyl (C=O) groups is 1. The lowest BCUT2D eigenvalue weighted by atomic mass is 10.0. The van der Waals surface area contributed by atoms with Crippen LogP contribution >= 0.6 is 0 Å². The van der Waals surface area contributed by atoms with E-state index in [2.05, 4.69) is 0 Å². The molecule has 2 aromatic carbocycles. The van der Waals surface area contributed by atoms with Crippen molar-refractivity contribution in [3.8, 4) is 11.1 Å². The zero-order chi connectivity index (χ0) is 14.2. The Morgan fingerprint density at radius 3 is 2.32 bits per heavy atom. The van der Waals surface area contributed by atoms with Gasteiger partial charge < -0.3 is 5.11 Å². The minimum atomic E-state index is -1.47. The van der Waals surface area contributed by atoms with Crippen LogP contribution in [0.5, 0.6) is 0 Å². The summed E-state index contributed by atoms with van der Waals surface area (Å²) in [6, 6.07) is 5.06. The minimum absolute atomic E-state index is 0.106. The summed E-state index contributed by atoms with van der Waals surface area (Å²) in [5.41, 5.74) is -0.444. The van der Waals surface area contributed by atoms with E-state index < -0.39 is 29.0 Å². The Bertz CT molecular complexity index is 666. The summed E-state index contributed by atoms with van der Waals surface area (Å²) in [4.78, 5) is 10.8. The molecule has 0 spiro atoms. The van der Waals surface area contributed by atoms with E-state index in [1.165, 1.54) is 13.0 Å². The summed E-state index contributed by atoms with van der Waals surface area (Å²) in [6.45, 7) is 1.41. The Morgan fingerprint density at radius 1 is 1.00 bits per heavy atom. The largest absolute Gasteiger partial charge is 0.478 e. The fourth-order valence-corrected chi connectivity index (χ4v) is 1.72. The highest BCUT2D eigenvalue weighted by atomic mass is 19.1. The Balaban J connectivity index is 2.63. The predicted octanol–water partition coefficient (Wildman–Crippen LogP) is 3.78. The third-order valence-corrected chi connectivity index (χ3v) is 2.76. The van der Waals surface area contributed by atoms with E-state index in [0.29, 0.717) is 0 Å². The van der Waals surface area contributed by atoms with Crippen molar-refractivity contribution in [1.82, 2.24) is 0 Å². The van der Waals surface area contributed by atoms with Crippen LogP contribution in [-0.2, 0) is 0 Å². The first kappa shape index (κ1) is 13.1. The summed E-state index contributed by atoms with van der Waals surface area (Å²) in [6.07, 6.45) is 0. The number of hydrogen-bond acceptors (Lipinski definition) is 1. The van der Waals surface area contributed by atoms with Crippen LogP contribution in [0.3, 0.4) is 0 Å². The fraction of sp³-hybridized carbons (Fsp3) is 0.0714. The van der Waals surface area contributed by atoms with Crippen molar-refractivity contribution in [2.24, 2.45) is 0 Å². The molecule has 2 rings (SSSR count). The molecule has 0 aliphatic carbocycles. The van der Waals surface area contributed by atoms with E-state index in [-0.39, 0.29) is 16.7 Å². The highest BCUT2D eigenvalue weighted by Crippen LogP contribution is 2.27. The van der Waals surface area contributed by atoms with E-state index in [9.17, 15) is 18.0 Å². The number of hydrogen-bond donors (Lipinski definition) is 1. The van der Waals surface area contributed by atoms with Crippen LogP contribution in [0.25, 0.3) is 11.1 Å². The number of carboxylic acids is 1. The minimum Gasteiger partial charge on any atom is -0.478 e. The van der Waals surface area contributed by atoms with Gasteiger partial charge in [0, 0.05) is 5.56 Å². The maximum Gasteiger partial charge on any atom is 0.338 e. The summed E-state index contributed by atoms with van der Waals surface area (Å²) < 4.78 is 40.4. The number of benzene rings is 2. The van der Waals surface area contributed by atoms with Crippen LogP contribution in [-0.4, -0.2) is 11.1 Å². The predicted molar refractivity (Wildman–Crippen MR) is 63.4 cm³/mol. The van der Waals surface area contributed by atoms with Gasteiger partial charge in [-0.05, 0) is 42.3 Å². The van der Waals surface area contributed by atoms with Crippen molar-refractivity contribution in [2.75, 3.05) is 0 Å². The van der Waals surface area contributed by atoms with Crippen LogP contribution in [0.2, 0.25) is 0 Å². The van der Waals surface area contributed by atoms with Crippen molar-refractivity contribution in [3.63, 3.8) is 0 Å². The Kier molecular flexibility index (Phi) is 3.29. The molecule has 0 aliphatic rings. The normalized spacial score (nSPS) is 10.5. The van der Waals surface area contributed by atoms with Crippen LogP contribution in [0.4, 0.5) is 13.2 Å². The molecule has 5 heteroatoms. The first-order valence-corrected chi connectivity index (χ1v) is 5.39. The second kappa shape index (κ2) is 4.76. The van der Waals surface area contributed by atoms with Gasteiger partial charge in [0.1, 0.15) is 17.5 Å². The number of aromatic carboxylic acids is 1. The van der Waals surface area contributed by atoms with Gasteiger partial charge in [-0.2, -0.15) is 0 Å². The average molecular weight is 266 g/mol. The number of carboxylic acid groups (broad SMARTS) is 1. The number of rotatable bonds is 2. The van der Waals surface area contributed by atoms with Gasteiger partial charge in [0.2, 0.25) is 0 Å². The van der Waals surface area contributed by atoms with Crippen molar-refractivity contribution < 1.29 is 23.1 Å². The lowest BCUT2D eigenvalue weighted by Crippen LogP contribution is -2.01. The maximum absolute atomic E-state index is 13.7. The molecule has 0 heterocycles. The average Bonchev–Trinajstić information content (AvgIpc) is 2.34. The summed E-state index contributed by atoms with van der Waals surface area (Å²) in [7, 11) is 0. The molecule has 0 saturated carbocycles. The highest BCUT2D eigenvalue weighted by molar-refractivity contribution is 5.89. The lowest BCUT2D eigenvalue weighted by molar-refractivity contribution is 0.0692. The van der Waals surface area contributed by atoms with Gasteiger partial charge in [-0.3, -0.25) is 0 Å². The van der Waals surface area contributed by atoms with E-state index >= 15 is 0 Å². The SMILES string of the molecule is Cc1cc(F)c(-c2ccc(F)c(C(=O)O)c2)cc1F. The molecule has 0 bridgehead atoms. The van der Waals surface area contributed by atoms with Crippen molar-refractivity contribution in [3.05, 3.63) is 58.9 Å². The zero-order valence-corrected chi connectivity index (χ0v) is 9.88. The molecule has 98 valence electrons. The smallest absolute Gasteiger partial charge is 0.338 e. The van der Waals surface area contributed by atoms with Gasteiger partial charge >= 0.3 is 5.97 Å². The van der Waals surface area contributed by atoms with Crippen LogP contribution in [0, 0.1) is 24.4 Å². The van der Waals surface area contributed by atoms with Gasteiger partial charge in [0.15, 0.2) is 0 Å². The molecule has 0 aliphatic heterocycles. The molecular formula is C14H9F3O2. The van der Waals surface area contributed by atoms with Crippen molar-refractivity contribution >= 4 is 5.97 Å². The Labute approximate surface area is 107 Å². The topological polar surface area (TPSA) is 37.3 Å². The zero-order valence-electron chi connectivity index (χ0n) is 9.88. The fourth-order valence-electron chi connectivity index (χ4n) is 1.72. The number of halogens is 3. The van der Waals surface area contributed by atoms with E-state index in [0.717, 1.165) is 24.3 Å². The molecule has 0 atom stereocenters. The summed E-state index contributed by atoms with van der Waals surface area (Å²) in [5, 5.41) is 8.80. The van der Waals surface area contributed by atoms with Crippen molar-refractivity contribution in [1.29, 1.82) is 0 Å². The second-order valence-electron chi connectivity index (χ2n) is 4.08. The first-order valence-electron chi connectivity index (χ1n) is 5.39. The van der Waals surface area contributed by atoms with Gasteiger partial charge in [-0.1, -0.05) is 6.07 Å². The quantitative estimate of drug-likeness (QED) is 0.898. The van der Waals surface area contributed by atoms with E-state index in [1.54, 1.807) is 0 Å². The second-order valence-corrected chi connectivity index (χ2v) is 4.08. The summed E-state index contributed by atoms with van der Waals surface area (Å²) in [5.74, 6) is -3.70. The molecule has 0 fully saturated rings. The van der Waals surface area contributed by atoms with Crippen LogP contribution < -0.4 is 0 Å². The molecule has 1 N–H and O–H groups in total. The monoisotopic (exact) mass is 266 g/mol. The molecule has 0 radical (unpaired) electrons. The Hall–Kier alpha value is -2.30. The van der Waals surface area contributed by atoms with Crippen LogP contribution in [0.1, 0.15) is 15.9 Å². The standard InChI is InChI=1S/C14H9F3O2/c1-7-4-13(17)9(6-12(7)16)8-2-3-11(15)10(5-8)14(18)19/h2-6H,1H3,(H,18,19). The third-order valence-electron chi connectivity index (χ3n) is 2.76. The molecule has 19 heavy (non-hydrogen) atoms. The summed E-state index contributed by atoms with van der Waals surface area (Å²) >= 11 is 0. The molecule has 2 aromatic rings. The molecule has 0 unspecified atom stereocenters. The maximum atomic E-state index is 13.7. The molecular weight excluding hydrogens is 257 g/mol. The van der Waals surface area contributed by atoms with Gasteiger partial charge in [0.25, 0.3) is 0 Å². The van der Waals surface area contributed by atoms with Crippen molar-refractivity contribution in [2.45, 2.75) is 6.92 Å². The first-order chi connectivity index (χ1) is 8.90.